The Morgan fingerprint density at radius 1 is 1.45 bits per heavy atom. The van der Waals surface area contributed by atoms with E-state index in [-0.39, 0.29) is 11.6 Å². The molecular weight excluding hydrogens is 258 g/mol. The fraction of sp³-hybridized carbons (Fsp3) is 0.429. The number of rotatable bonds is 4. The van der Waals surface area contributed by atoms with Crippen molar-refractivity contribution in [2.45, 2.75) is 38.3 Å². The van der Waals surface area contributed by atoms with E-state index in [4.69, 9.17) is 0 Å². The van der Waals surface area contributed by atoms with Gasteiger partial charge in [-0.25, -0.2) is 0 Å². The molecule has 1 unspecified atom stereocenters. The van der Waals surface area contributed by atoms with Crippen LogP contribution in [0.5, 0.6) is 0 Å². The fourth-order valence-electron chi connectivity index (χ4n) is 2.57. The van der Waals surface area contributed by atoms with Crippen molar-refractivity contribution < 1.29 is 9.72 Å². The van der Waals surface area contributed by atoms with Crippen LogP contribution in [0.15, 0.2) is 24.3 Å². The third kappa shape index (κ3) is 3.46. The van der Waals surface area contributed by atoms with Crippen molar-refractivity contribution in [3.8, 4) is 0 Å². The molecule has 6 heteroatoms. The van der Waals surface area contributed by atoms with Gasteiger partial charge in [-0.05, 0) is 38.2 Å². The molecule has 1 atom stereocenters. The SMILES string of the molecule is CC(=O)NC1(Nc2cccc([N+](=O)[O-])c2)C[CH]CCC1. The third-order valence-electron chi connectivity index (χ3n) is 3.36. The minimum absolute atomic E-state index is 0.0350. The zero-order chi connectivity index (χ0) is 14.6. The summed E-state index contributed by atoms with van der Waals surface area (Å²) in [6.07, 6.45) is 5.63. The number of non-ortho nitro benzene ring substituents is 1. The molecule has 2 N–H and O–H groups in total. The van der Waals surface area contributed by atoms with Crippen molar-refractivity contribution in [3.63, 3.8) is 0 Å². The average Bonchev–Trinajstić information content (AvgIpc) is 2.38. The summed E-state index contributed by atoms with van der Waals surface area (Å²) < 4.78 is 0. The molecule has 1 saturated carbocycles. The maximum absolute atomic E-state index is 11.4. The normalized spacial score (nSPS) is 17.2. The molecule has 0 aliphatic heterocycles. The summed E-state index contributed by atoms with van der Waals surface area (Å²) in [6, 6.07) is 6.33. The van der Waals surface area contributed by atoms with Gasteiger partial charge < -0.3 is 10.6 Å². The molecule has 1 aromatic rings. The summed E-state index contributed by atoms with van der Waals surface area (Å²) in [7, 11) is 0. The summed E-state index contributed by atoms with van der Waals surface area (Å²) in [5.74, 6) is -0.113. The minimum atomic E-state index is -0.542. The van der Waals surface area contributed by atoms with Crippen LogP contribution < -0.4 is 10.6 Å². The van der Waals surface area contributed by atoms with Crippen LogP contribution in [-0.4, -0.2) is 16.5 Å². The van der Waals surface area contributed by atoms with Crippen LogP contribution in [0.1, 0.15) is 32.6 Å². The van der Waals surface area contributed by atoms with Crippen LogP contribution in [0.4, 0.5) is 11.4 Å². The van der Waals surface area contributed by atoms with E-state index in [0.717, 1.165) is 19.3 Å². The number of nitrogens with one attached hydrogen (secondary N) is 2. The molecule has 0 saturated heterocycles. The van der Waals surface area contributed by atoms with Crippen molar-refractivity contribution in [2.24, 2.45) is 0 Å². The molecule has 1 aliphatic rings. The Morgan fingerprint density at radius 3 is 2.85 bits per heavy atom. The number of carbonyl (C=O) groups is 1. The first-order valence-electron chi connectivity index (χ1n) is 6.64. The summed E-state index contributed by atoms with van der Waals surface area (Å²) in [5, 5.41) is 17.0. The van der Waals surface area contributed by atoms with Gasteiger partial charge in [0, 0.05) is 24.7 Å². The molecule has 0 bridgehead atoms. The maximum Gasteiger partial charge on any atom is 0.271 e. The number of nitro groups is 1. The molecule has 1 fully saturated rings. The van der Waals surface area contributed by atoms with Crippen molar-refractivity contribution in [2.75, 3.05) is 5.32 Å². The largest absolute Gasteiger partial charge is 0.363 e. The molecule has 20 heavy (non-hydrogen) atoms. The molecule has 6 nitrogen and oxygen atoms in total. The summed E-state index contributed by atoms with van der Waals surface area (Å²) in [6.45, 7) is 1.48. The second kappa shape index (κ2) is 5.90. The number of nitrogens with zero attached hydrogens (tertiary/aromatic N) is 1. The lowest BCUT2D eigenvalue weighted by molar-refractivity contribution is -0.384. The number of hydrogen-bond donors (Lipinski definition) is 2. The lowest BCUT2D eigenvalue weighted by Gasteiger charge is -2.39. The zero-order valence-corrected chi connectivity index (χ0v) is 11.4. The molecule has 0 spiro atoms. The Morgan fingerprint density at radius 2 is 2.25 bits per heavy atom. The van der Waals surface area contributed by atoms with Gasteiger partial charge in [0.2, 0.25) is 5.91 Å². The van der Waals surface area contributed by atoms with E-state index in [1.165, 1.54) is 19.1 Å². The van der Waals surface area contributed by atoms with Crippen LogP contribution >= 0.6 is 0 Å². The van der Waals surface area contributed by atoms with Gasteiger partial charge in [0.25, 0.3) is 5.69 Å². The van der Waals surface area contributed by atoms with Crippen LogP contribution in [0.3, 0.4) is 0 Å². The van der Waals surface area contributed by atoms with E-state index in [1.807, 2.05) is 0 Å². The van der Waals surface area contributed by atoms with Gasteiger partial charge >= 0.3 is 0 Å². The van der Waals surface area contributed by atoms with Gasteiger partial charge in [-0.3, -0.25) is 14.9 Å². The standard InChI is InChI=1S/C14H18N3O3/c1-11(18)15-14(8-3-2-4-9-14)16-12-6-5-7-13(10-12)17(19)20/h3,5-7,10,16H,2,4,8-9H2,1H3,(H,15,18). The number of benzene rings is 1. The molecule has 1 aliphatic carbocycles. The topological polar surface area (TPSA) is 84.3 Å². The van der Waals surface area contributed by atoms with Crippen molar-refractivity contribution in [3.05, 3.63) is 40.8 Å². The Hall–Kier alpha value is -2.11. The predicted molar refractivity (Wildman–Crippen MR) is 76.0 cm³/mol. The Balaban J connectivity index is 2.20. The highest BCUT2D eigenvalue weighted by atomic mass is 16.6. The summed E-state index contributed by atoms with van der Waals surface area (Å²) in [5.41, 5.74) is 0.135. The smallest absolute Gasteiger partial charge is 0.271 e. The van der Waals surface area contributed by atoms with Gasteiger partial charge in [-0.15, -0.1) is 0 Å². The molecule has 0 heterocycles. The number of anilines is 1. The van der Waals surface area contributed by atoms with Gasteiger partial charge in [0.05, 0.1) is 4.92 Å². The Kier molecular flexibility index (Phi) is 4.22. The minimum Gasteiger partial charge on any atom is -0.363 e. The van der Waals surface area contributed by atoms with E-state index in [0.29, 0.717) is 12.1 Å². The maximum atomic E-state index is 11.4. The summed E-state index contributed by atoms with van der Waals surface area (Å²) >= 11 is 0. The molecule has 1 radical (unpaired) electrons. The average molecular weight is 276 g/mol. The highest BCUT2D eigenvalue weighted by molar-refractivity contribution is 5.74. The van der Waals surface area contributed by atoms with E-state index in [1.54, 1.807) is 12.1 Å². The van der Waals surface area contributed by atoms with Gasteiger partial charge in [0.15, 0.2) is 0 Å². The first-order valence-corrected chi connectivity index (χ1v) is 6.64. The molecule has 1 amide bonds. The molecule has 0 aromatic heterocycles. The molecular formula is C14H18N3O3. The molecule has 2 rings (SSSR count). The van der Waals surface area contributed by atoms with E-state index < -0.39 is 10.6 Å². The third-order valence-corrected chi connectivity index (χ3v) is 3.36. The predicted octanol–water partition coefficient (Wildman–Crippen LogP) is 2.62. The highest BCUT2D eigenvalue weighted by Gasteiger charge is 2.32. The van der Waals surface area contributed by atoms with Gasteiger partial charge in [0.1, 0.15) is 5.66 Å². The number of carbonyl (C=O) groups excluding carboxylic acids is 1. The second-order valence-corrected chi connectivity index (χ2v) is 5.08. The number of hydrogen-bond acceptors (Lipinski definition) is 4. The quantitative estimate of drug-likeness (QED) is 0.503. The Bertz CT molecular complexity index is 510. The van der Waals surface area contributed by atoms with Crippen LogP contribution in [0.2, 0.25) is 0 Å². The lowest BCUT2D eigenvalue weighted by Crippen LogP contribution is -2.55. The monoisotopic (exact) mass is 276 g/mol. The first-order chi connectivity index (χ1) is 9.51. The van der Waals surface area contributed by atoms with Crippen LogP contribution in [0, 0.1) is 16.5 Å². The van der Waals surface area contributed by atoms with Crippen molar-refractivity contribution in [1.82, 2.24) is 5.32 Å². The second-order valence-electron chi connectivity index (χ2n) is 5.08. The lowest BCUT2D eigenvalue weighted by atomic mass is 9.88. The van der Waals surface area contributed by atoms with Gasteiger partial charge in [-0.1, -0.05) is 6.07 Å². The van der Waals surface area contributed by atoms with Crippen LogP contribution in [0.25, 0.3) is 0 Å². The van der Waals surface area contributed by atoms with Gasteiger partial charge in [-0.2, -0.15) is 0 Å². The van der Waals surface area contributed by atoms with E-state index in [2.05, 4.69) is 17.1 Å². The Labute approximate surface area is 117 Å². The van der Waals surface area contributed by atoms with Crippen molar-refractivity contribution >= 4 is 17.3 Å². The van der Waals surface area contributed by atoms with E-state index >= 15 is 0 Å². The summed E-state index contributed by atoms with van der Waals surface area (Å²) in [4.78, 5) is 21.8. The fourth-order valence-corrected chi connectivity index (χ4v) is 2.57. The van der Waals surface area contributed by atoms with E-state index in [9.17, 15) is 14.9 Å². The highest BCUT2D eigenvalue weighted by Crippen LogP contribution is 2.30. The number of nitro benzene ring substituents is 1. The first kappa shape index (κ1) is 14.3. The zero-order valence-electron chi connectivity index (χ0n) is 11.4. The molecule has 107 valence electrons. The molecule has 1 aromatic carbocycles. The van der Waals surface area contributed by atoms with Crippen molar-refractivity contribution in [1.29, 1.82) is 0 Å². The van der Waals surface area contributed by atoms with Crippen LogP contribution in [-0.2, 0) is 4.79 Å². The number of amides is 1.